The van der Waals surface area contributed by atoms with Gasteiger partial charge in [-0.2, -0.15) is 0 Å². The number of carbonyl (C=O) groups is 2. The molecule has 1 saturated heterocycles. The lowest BCUT2D eigenvalue weighted by Gasteiger charge is -2.22. The van der Waals surface area contributed by atoms with E-state index < -0.39 is 11.9 Å². The molecule has 0 unspecified atom stereocenters. The minimum atomic E-state index is -0.882. The van der Waals surface area contributed by atoms with Gasteiger partial charge in [0, 0.05) is 38.8 Å². The second-order valence-corrected chi connectivity index (χ2v) is 5.55. The van der Waals surface area contributed by atoms with Gasteiger partial charge in [-0.05, 0) is 18.2 Å². The molecule has 1 aromatic carbocycles. The van der Waals surface area contributed by atoms with E-state index in [9.17, 15) is 14.7 Å². The number of hydrogen-bond donors (Lipinski definition) is 2. The lowest BCUT2D eigenvalue weighted by molar-refractivity contribution is -0.141. The van der Waals surface area contributed by atoms with Gasteiger partial charge in [0.1, 0.15) is 0 Å². The number of fused-ring (bicyclic) bond motifs is 1. The summed E-state index contributed by atoms with van der Waals surface area (Å²) in [5, 5.41) is 12.2. The standard InChI is InChI=1S/C15H18N4O3/c1-18-9-17-12-6-10(2-3-13(12)18)14(20)19-5-4-16-7-11(8-19)15(21)22/h2-3,6,9,11,16H,4-5,7-8H2,1H3,(H,21,22)/t11-/m0/s1. The van der Waals surface area contributed by atoms with Crippen molar-refractivity contribution in [1.82, 2.24) is 19.8 Å². The predicted molar refractivity (Wildman–Crippen MR) is 80.6 cm³/mol. The molecule has 0 bridgehead atoms. The van der Waals surface area contributed by atoms with Crippen LogP contribution in [0, 0.1) is 5.92 Å². The van der Waals surface area contributed by atoms with Gasteiger partial charge in [-0.1, -0.05) is 0 Å². The van der Waals surface area contributed by atoms with Crippen molar-refractivity contribution in [1.29, 1.82) is 0 Å². The zero-order chi connectivity index (χ0) is 15.7. The Morgan fingerprint density at radius 1 is 1.41 bits per heavy atom. The van der Waals surface area contributed by atoms with Gasteiger partial charge in [0.15, 0.2) is 0 Å². The van der Waals surface area contributed by atoms with E-state index in [2.05, 4.69) is 10.3 Å². The molecule has 7 heteroatoms. The molecule has 1 fully saturated rings. The van der Waals surface area contributed by atoms with Crippen LogP contribution in [0.15, 0.2) is 24.5 Å². The zero-order valence-electron chi connectivity index (χ0n) is 12.3. The minimum absolute atomic E-state index is 0.150. The summed E-state index contributed by atoms with van der Waals surface area (Å²) in [6.45, 7) is 1.71. The van der Waals surface area contributed by atoms with Crippen LogP contribution in [0.4, 0.5) is 0 Å². The molecular formula is C15H18N4O3. The Morgan fingerprint density at radius 3 is 3.00 bits per heavy atom. The third kappa shape index (κ3) is 2.67. The molecular weight excluding hydrogens is 284 g/mol. The summed E-state index contributed by atoms with van der Waals surface area (Å²) in [7, 11) is 1.90. The molecule has 2 heterocycles. The summed E-state index contributed by atoms with van der Waals surface area (Å²) >= 11 is 0. The van der Waals surface area contributed by atoms with E-state index in [0.29, 0.717) is 25.2 Å². The number of carboxylic acids is 1. The normalized spacial score (nSPS) is 19.1. The van der Waals surface area contributed by atoms with Crippen molar-refractivity contribution in [3.63, 3.8) is 0 Å². The van der Waals surface area contributed by atoms with E-state index in [1.165, 1.54) is 0 Å². The van der Waals surface area contributed by atoms with E-state index >= 15 is 0 Å². The number of carbonyl (C=O) groups excluding carboxylic acids is 1. The second-order valence-electron chi connectivity index (χ2n) is 5.55. The molecule has 0 saturated carbocycles. The maximum Gasteiger partial charge on any atom is 0.309 e. The first-order valence-corrected chi connectivity index (χ1v) is 7.20. The van der Waals surface area contributed by atoms with Crippen molar-refractivity contribution in [2.24, 2.45) is 13.0 Å². The van der Waals surface area contributed by atoms with Crippen molar-refractivity contribution < 1.29 is 14.7 Å². The molecule has 1 aromatic heterocycles. The van der Waals surface area contributed by atoms with E-state index in [-0.39, 0.29) is 12.5 Å². The molecule has 1 atom stereocenters. The lowest BCUT2D eigenvalue weighted by atomic mass is 10.1. The summed E-state index contributed by atoms with van der Waals surface area (Å²) < 4.78 is 1.89. The van der Waals surface area contributed by atoms with Crippen molar-refractivity contribution in [2.45, 2.75) is 0 Å². The smallest absolute Gasteiger partial charge is 0.309 e. The number of rotatable bonds is 2. The summed E-state index contributed by atoms with van der Waals surface area (Å²) in [5.41, 5.74) is 2.26. The lowest BCUT2D eigenvalue weighted by Crippen LogP contribution is -2.38. The zero-order valence-corrected chi connectivity index (χ0v) is 12.3. The van der Waals surface area contributed by atoms with Crippen molar-refractivity contribution in [2.75, 3.05) is 26.2 Å². The van der Waals surface area contributed by atoms with E-state index in [1.54, 1.807) is 23.4 Å². The Morgan fingerprint density at radius 2 is 2.23 bits per heavy atom. The first kappa shape index (κ1) is 14.5. The third-order valence-electron chi connectivity index (χ3n) is 4.00. The number of amides is 1. The van der Waals surface area contributed by atoms with Crippen LogP contribution in [0.1, 0.15) is 10.4 Å². The Bertz CT molecular complexity index is 725. The maximum absolute atomic E-state index is 12.6. The number of carboxylic acid groups (broad SMARTS) is 1. The predicted octanol–water partition coefficient (Wildman–Crippen LogP) is 0.320. The van der Waals surface area contributed by atoms with Crippen LogP contribution >= 0.6 is 0 Å². The molecule has 1 amide bonds. The molecule has 116 valence electrons. The Hall–Kier alpha value is -2.41. The minimum Gasteiger partial charge on any atom is -0.481 e. The van der Waals surface area contributed by atoms with Crippen molar-refractivity contribution >= 4 is 22.9 Å². The molecule has 0 spiro atoms. The first-order valence-electron chi connectivity index (χ1n) is 7.20. The van der Waals surface area contributed by atoms with Crippen molar-refractivity contribution in [3.05, 3.63) is 30.1 Å². The highest BCUT2D eigenvalue weighted by atomic mass is 16.4. The van der Waals surface area contributed by atoms with Crippen LogP contribution in [0.5, 0.6) is 0 Å². The average molecular weight is 302 g/mol. The molecule has 3 rings (SSSR count). The fraction of sp³-hybridized carbons (Fsp3) is 0.400. The molecule has 7 nitrogen and oxygen atoms in total. The van der Waals surface area contributed by atoms with Crippen LogP contribution in [-0.2, 0) is 11.8 Å². The fourth-order valence-electron chi connectivity index (χ4n) is 2.71. The van der Waals surface area contributed by atoms with Crippen molar-refractivity contribution in [3.8, 4) is 0 Å². The summed E-state index contributed by atoms with van der Waals surface area (Å²) in [6, 6.07) is 5.38. The molecule has 22 heavy (non-hydrogen) atoms. The SMILES string of the molecule is Cn1cnc2cc(C(=O)N3CCNC[C@H](C(=O)O)C3)ccc21. The van der Waals surface area contributed by atoms with E-state index in [0.717, 1.165) is 11.0 Å². The third-order valence-corrected chi connectivity index (χ3v) is 4.00. The fourth-order valence-corrected chi connectivity index (χ4v) is 2.71. The van der Waals surface area contributed by atoms with Gasteiger partial charge in [-0.15, -0.1) is 0 Å². The van der Waals surface area contributed by atoms with Crippen LogP contribution in [0.25, 0.3) is 11.0 Å². The maximum atomic E-state index is 12.6. The number of hydrogen-bond acceptors (Lipinski definition) is 4. The number of nitrogens with one attached hydrogen (secondary N) is 1. The molecule has 1 aliphatic heterocycles. The summed E-state index contributed by atoms with van der Waals surface area (Å²) in [6.07, 6.45) is 1.70. The number of imidazole rings is 1. The Labute approximate surface area is 127 Å². The Kier molecular flexibility index (Phi) is 3.81. The molecule has 0 radical (unpaired) electrons. The average Bonchev–Trinajstić information content (AvgIpc) is 2.74. The van der Waals surface area contributed by atoms with Gasteiger partial charge < -0.3 is 19.9 Å². The summed E-state index contributed by atoms with van der Waals surface area (Å²) in [5.74, 6) is -1.61. The van der Waals surface area contributed by atoms with Gasteiger partial charge >= 0.3 is 5.97 Å². The first-order chi connectivity index (χ1) is 10.6. The highest BCUT2D eigenvalue weighted by molar-refractivity contribution is 5.97. The van der Waals surface area contributed by atoms with Crippen LogP contribution in [0.2, 0.25) is 0 Å². The van der Waals surface area contributed by atoms with Gasteiger partial charge in [-0.25, -0.2) is 4.98 Å². The number of benzene rings is 1. The quantitative estimate of drug-likeness (QED) is 0.834. The van der Waals surface area contributed by atoms with Gasteiger partial charge in [0.2, 0.25) is 0 Å². The van der Waals surface area contributed by atoms with Crippen LogP contribution in [-0.4, -0.2) is 57.6 Å². The topological polar surface area (TPSA) is 87.5 Å². The molecule has 2 aromatic rings. The Balaban J connectivity index is 1.85. The van der Waals surface area contributed by atoms with Gasteiger partial charge in [0.25, 0.3) is 5.91 Å². The van der Waals surface area contributed by atoms with Crippen LogP contribution < -0.4 is 5.32 Å². The number of aromatic nitrogens is 2. The molecule has 2 N–H and O–H groups in total. The van der Waals surface area contributed by atoms with Gasteiger partial charge in [0.05, 0.1) is 23.3 Å². The van der Waals surface area contributed by atoms with E-state index in [4.69, 9.17) is 0 Å². The summed E-state index contributed by atoms with van der Waals surface area (Å²) in [4.78, 5) is 29.7. The highest BCUT2D eigenvalue weighted by Gasteiger charge is 2.27. The molecule has 0 aliphatic carbocycles. The van der Waals surface area contributed by atoms with Gasteiger partial charge in [-0.3, -0.25) is 9.59 Å². The number of nitrogens with zero attached hydrogens (tertiary/aromatic N) is 3. The molecule has 1 aliphatic rings. The highest BCUT2D eigenvalue weighted by Crippen LogP contribution is 2.16. The number of aliphatic carboxylic acids is 1. The van der Waals surface area contributed by atoms with Crippen LogP contribution in [0.3, 0.4) is 0 Å². The van der Waals surface area contributed by atoms with E-state index in [1.807, 2.05) is 17.7 Å². The monoisotopic (exact) mass is 302 g/mol. The number of aryl methyl sites for hydroxylation is 1. The largest absolute Gasteiger partial charge is 0.481 e. The second kappa shape index (κ2) is 5.76.